The zero-order valence-electron chi connectivity index (χ0n) is 16.5. The van der Waals surface area contributed by atoms with Crippen LogP contribution in [-0.2, 0) is 6.54 Å². The quantitative estimate of drug-likeness (QED) is 0.591. The van der Waals surface area contributed by atoms with Crippen LogP contribution in [0.5, 0.6) is 0 Å². The van der Waals surface area contributed by atoms with Gasteiger partial charge in [-0.15, -0.1) is 0 Å². The molecule has 0 unspecified atom stereocenters. The Hall–Kier alpha value is -1.11. The lowest BCUT2D eigenvalue weighted by atomic mass is 9.84. The molecule has 0 aliphatic carbocycles. The number of likely N-dealkylation sites (tertiary alicyclic amines) is 2. The molecule has 3 rings (SSSR count). The fraction of sp³-hybridized carbons (Fsp3) is 0.750. The summed E-state index contributed by atoms with van der Waals surface area (Å²) in [5.74, 6) is 0.953. The average Bonchev–Trinajstić information content (AvgIpc) is 3.20. The first-order valence-electron chi connectivity index (χ1n) is 10.2. The molecular weight excluding hydrogens is 342 g/mol. The minimum absolute atomic E-state index is 0.283. The number of guanidine groups is 1. The van der Waals surface area contributed by atoms with E-state index in [9.17, 15) is 0 Å². The summed E-state index contributed by atoms with van der Waals surface area (Å²) in [6, 6.07) is 2.16. The van der Waals surface area contributed by atoms with Crippen LogP contribution in [0.15, 0.2) is 21.8 Å². The highest BCUT2D eigenvalue weighted by atomic mass is 32.1. The number of aliphatic imine (C=N–C) groups is 1. The smallest absolute Gasteiger partial charge is 0.191 e. The predicted molar refractivity (Wildman–Crippen MR) is 112 cm³/mol. The number of nitrogens with zero attached hydrogens (tertiary/aromatic N) is 3. The van der Waals surface area contributed by atoms with Gasteiger partial charge in [-0.3, -0.25) is 4.90 Å². The highest BCUT2D eigenvalue weighted by Crippen LogP contribution is 2.30. The summed E-state index contributed by atoms with van der Waals surface area (Å²) >= 11 is 1.74. The van der Waals surface area contributed by atoms with Gasteiger partial charge in [-0.25, -0.2) is 4.99 Å². The van der Waals surface area contributed by atoms with Crippen molar-refractivity contribution in [3.8, 4) is 0 Å². The van der Waals surface area contributed by atoms with E-state index in [2.05, 4.69) is 51.2 Å². The molecule has 1 aromatic heterocycles. The standard InChI is InChI=1S/C20H35N5S/c1-3-21-19(22-15-18-7-14-26-16-18)23-17-20(8-12-24(2)13-9-20)25-10-5-4-6-11-25/h7,14,16H,3-6,8-13,15,17H2,1-2H3,(H2,21,22,23). The van der Waals surface area contributed by atoms with Crippen molar-refractivity contribution in [3.05, 3.63) is 22.4 Å². The summed E-state index contributed by atoms with van der Waals surface area (Å²) in [6.45, 7) is 9.69. The molecule has 2 N–H and O–H groups in total. The Morgan fingerprint density at radius 2 is 1.92 bits per heavy atom. The van der Waals surface area contributed by atoms with Gasteiger partial charge in [0, 0.05) is 18.6 Å². The fourth-order valence-electron chi connectivity index (χ4n) is 4.15. The Morgan fingerprint density at radius 1 is 1.15 bits per heavy atom. The molecule has 0 atom stereocenters. The molecule has 0 spiro atoms. The van der Waals surface area contributed by atoms with Crippen LogP contribution in [-0.4, -0.2) is 67.6 Å². The Balaban J connectivity index is 1.65. The average molecular weight is 378 g/mol. The Labute approximate surface area is 162 Å². The number of piperidine rings is 2. The molecule has 0 radical (unpaired) electrons. The van der Waals surface area contributed by atoms with Gasteiger partial charge < -0.3 is 15.5 Å². The Bertz CT molecular complexity index is 543. The molecule has 2 aliphatic rings. The van der Waals surface area contributed by atoms with Gasteiger partial charge in [-0.2, -0.15) is 11.3 Å². The van der Waals surface area contributed by atoms with E-state index in [1.54, 1.807) is 11.3 Å². The molecule has 5 nitrogen and oxygen atoms in total. The number of hydrogen-bond acceptors (Lipinski definition) is 4. The van der Waals surface area contributed by atoms with Gasteiger partial charge in [-0.1, -0.05) is 6.42 Å². The van der Waals surface area contributed by atoms with E-state index in [0.717, 1.165) is 25.6 Å². The van der Waals surface area contributed by atoms with Gasteiger partial charge >= 0.3 is 0 Å². The van der Waals surface area contributed by atoms with Crippen molar-refractivity contribution in [2.75, 3.05) is 46.3 Å². The molecule has 26 heavy (non-hydrogen) atoms. The zero-order valence-corrected chi connectivity index (χ0v) is 17.3. The van der Waals surface area contributed by atoms with E-state index < -0.39 is 0 Å². The topological polar surface area (TPSA) is 42.9 Å². The molecule has 146 valence electrons. The first-order valence-corrected chi connectivity index (χ1v) is 11.1. The third kappa shape index (κ3) is 5.21. The monoisotopic (exact) mass is 377 g/mol. The summed E-state index contributed by atoms with van der Waals surface area (Å²) in [5.41, 5.74) is 1.57. The third-order valence-corrected chi connectivity index (χ3v) is 6.61. The van der Waals surface area contributed by atoms with Crippen molar-refractivity contribution in [3.63, 3.8) is 0 Å². The Morgan fingerprint density at radius 3 is 2.58 bits per heavy atom. The second kappa shape index (κ2) is 9.72. The lowest BCUT2D eigenvalue weighted by Gasteiger charge is -2.50. The maximum Gasteiger partial charge on any atom is 0.191 e. The number of hydrogen-bond donors (Lipinski definition) is 2. The summed E-state index contributed by atoms with van der Waals surface area (Å²) in [6.07, 6.45) is 6.60. The van der Waals surface area contributed by atoms with Crippen LogP contribution in [0.25, 0.3) is 0 Å². The second-order valence-corrected chi connectivity index (χ2v) is 8.54. The van der Waals surface area contributed by atoms with Crippen LogP contribution in [0.2, 0.25) is 0 Å². The maximum absolute atomic E-state index is 4.80. The van der Waals surface area contributed by atoms with Crippen molar-refractivity contribution < 1.29 is 0 Å². The molecule has 6 heteroatoms. The predicted octanol–water partition coefficient (Wildman–Crippen LogP) is 2.75. The highest BCUT2D eigenvalue weighted by Gasteiger charge is 2.39. The maximum atomic E-state index is 4.80. The summed E-state index contributed by atoms with van der Waals surface area (Å²) in [7, 11) is 2.25. The van der Waals surface area contributed by atoms with Crippen LogP contribution in [0, 0.1) is 0 Å². The largest absolute Gasteiger partial charge is 0.357 e. The molecule has 0 bridgehead atoms. The van der Waals surface area contributed by atoms with E-state index in [4.69, 9.17) is 4.99 Å². The van der Waals surface area contributed by atoms with Crippen molar-refractivity contribution >= 4 is 17.3 Å². The Kier molecular flexibility index (Phi) is 7.34. The third-order valence-electron chi connectivity index (χ3n) is 5.87. The lowest BCUT2D eigenvalue weighted by Crippen LogP contribution is -2.62. The van der Waals surface area contributed by atoms with E-state index in [0.29, 0.717) is 0 Å². The molecule has 3 heterocycles. The molecule has 0 saturated carbocycles. The zero-order chi connectivity index (χ0) is 18.2. The van der Waals surface area contributed by atoms with Gasteiger partial charge in [0.2, 0.25) is 0 Å². The summed E-state index contributed by atoms with van der Waals surface area (Å²) in [4.78, 5) is 10.1. The fourth-order valence-corrected chi connectivity index (χ4v) is 4.81. The highest BCUT2D eigenvalue weighted by molar-refractivity contribution is 7.07. The van der Waals surface area contributed by atoms with Crippen LogP contribution >= 0.6 is 11.3 Å². The van der Waals surface area contributed by atoms with Crippen LogP contribution < -0.4 is 10.6 Å². The second-order valence-electron chi connectivity index (χ2n) is 7.76. The van der Waals surface area contributed by atoms with Crippen LogP contribution in [0.4, 0.5) is 0 Å². The number of thiophene rings is 1. The first kappa shape index (κ1) is 19.6. The first-order chi connectivity index (χ1) is 12.7. The molecule has 2 fully saturated rings. The molecule has 2 saturated heterocycles. The van der Waals surface area contributed by atoms with Crippen LogP contribution in [0.1, 0.15) is 44.6 Å². The van der Waals surface area contributed by atoms with Crippen molar-refractivity contribution in [2.24, 2.45) is 4.99 Å². The molecule has 2 aliphatic heterocycles. The van der Waals surface area contributed by atoms with Gasteiger partial charge in [0.15, 0.2) is 5.96 Å². The van der Waals surface area contributed by atoms with E-state index in [-0.39, 0.29) is 5.54 Å². The van der Waals surface area contributed by atoms with E-state index >= 15 is 0 Å². The van der Waals surface area contributed by atoms with Gasteiger partial charge in [0.05, 0.1) is 6.54 Å². The number of rotatable bonds is 6. The van der Waals surface area contributed by atoms with Crippen molar-refractivity contribution in [1.82, 2.24) is 20.4 Å². The minimum atomic E-state index is 0.283. The minimum Gasteiger partial charge on any atom is -0.357 e. The van der Waals surface area contributed by atoms with Gasteiger partial charge in [0.1, 0.15) is 0 Å². The molecule has 1 aromatic rings. The SMILES string of the molecule is CCNC(=NCc1ccsc1)NCC1(N2CCCCC2)CCN(C)CC1. The van der Waals surface area contributed by atoms with Crippen LogP contribution in [0.3, 0.4) is 0 Å². The van der Waals surface area contributed by atoms with E-state index in [1.165, 1.54) is 63.8 Å². The lowest BCUT2D eigenvalue weighted by molar-refractivity contribution is 0.0173. The number of nitrogens with one attached hydrogen (secondary N) is 2. The molecule has 0 amide bonds. The van der Waals surface area contributed by atoms with E-state index in [1.807, 2.05) is 0 Å². The van der Waals surface area contributed by atoms with Crippen molar-refractivity contribution in [2.45, 2.75) is 51.1 Å². The summed E-state index contributed by atoms with van der Waals surface area (Å²) < 4.78 is 0. The molecular formula is C20H35N5S. The summed E-state index contributed by atoms with van der Waals surface area (Å²) in [5, 5.41) is 11.4. The molecule has 0 aromatic carbocycles. The van der Waals surface area contributed by atoms with Gasteiger partial charge in [0.25, 0.3) is 0 Å². The normalized spacial score (nSPS) is 22.3. The van der Waals surface area contributed by atoms with Crippen molar-refractivity contribution in [1.29, 1.82) is 0 Å². The van der Waals surface area contributed by atoms with Gasteiger partial charge in [-0.05, 0) is 88.2 Å².